The van der Waals surface area contributed by atoms with Crippen LogP contribution in [0.4, 0.5) is 0 Å². The zero-order valence-corrected chi connectivity index (χ0v) is 10.2. The van der Waals surface area contributed by atoms with Crippen molar-refractivity contribution in [3.8, 4) is 0 Å². The maximum absolute atomic E-state index is 11.8. The molecule has 1 saturated heterocycles. The van der Waals surface area contributed by atoms with E-state index in [9.17, 15) is 4.79 Å². The number of hydrogen-bond donors (Lipinski definition) is 1. The van der Waals surface area contributed by atoms with Gasteiger partial charge >= 0.3 is 0 Å². The third-order valence-electron chi connectivity index (χ3n) is 2.82. The van der Waals surface area contributed by atoms with Gasteiger partial charge in [0.2, 0.25) is 5.91 Å². The van der Waals surface area contributed by atoms with Crippen LogP contribution in [0.3, 0.4) is 0 Å². The van der Waals surface area contributed by atoms with Crippen molar-refractivity contribution in [2.24, 2.45) is 5.73 Å². The summed E-state index contributed by atoms with van der Waals surface area (Å²) in [5, 5.41) is 0.694. The second-order valence-corrected chi connectivity index (χ2v) is 4.65. The highest BCUT2D eigenvalue weighted by Crippen LogP contribution is 2.12. The number of amides is 1. The molecule has 4 heteroatoms. The molecule has 1 fully saturated rings. The lowest BCUT2D eigenvalue weighted by atomic mass is 10.2. The number of nitrogens with zero attached hydrogens (tertiary/aromatic N) is 1. The van der Waals surface area contributed by atoms with E-state index in [1.807, 2.05) is 12.1 Å². The van der Waals surface area contributed by atoms with Crippen molar-refractivity contribution >= 4 is 23.6 Å². The summed E-state index contributed by atoms with van der Waals surface area (Å²) < 4.78 is 0. The summed E-state index contributed by atoms with van der Waals surface area (Å²) in [4.78, 5) is 13.6. The minimum atomic E-state index is 0.0212. The monoisotopic (exact) mass is 250 g/mol. The fourth-order valence-corrected chi connectivity index (χ4v) is 1.96. The topological polar surface area (TPSA) is 46.3 Å². The van der Waals surface area contributed by atoms with Gasteiger partial charge < -0.3 is 10.6 Å². The Balaban J connectivity index is 1.96. The number of rotatable bonds is 2. The van der Waals surface area contributed by atoms with Crippen molar-refractivity contribution in [2.45, 2.75) is 12.5 Å². The first-order valence-corrected chi connectivity index (χ1v) is 6.01. The summed E-state index contributed by atoms with van der Waals surface area (Å²) in [6.45, 7) is 1.41. The Labute approximate surface area is 106 Å². The average molecular weight is 251 g/mol. The molecule has 1 aliphatic heterocycles. The highest BCUT2D eigenvalue weighted by molar-refractivity contribution is 6.30. The largest absolute Gasteiger partial charge is 0.338 e. The molecule has 1 aromatic rings. The van der Waals surface area contributed by atoms with Crippen LogP contribution >= 0.6 is 11.6 Å². The fourth-order valence-electron chi connectivity index (χ4n) is 1.83. The number of likely N-dealkylation sites (tertiary alicyclic amines) is 1. The molecule has 0 unspecified atom stereocenters. The summed E-state index contributed by atoms with van der Waals surface area (Å²) >= 11 is 5.78. The van der Waals surface area contributed by atoms with Crippen LogP contribution in [-0.4, -0.2) is 29.9 Å². The Morgan fingerprint density at radius 1 is 1.41 bits per heavy atom. The minimum Gasteiger partial charge on any atom is -0.338 e. The van der Waals surface area contributed by atoms with E-state index in [0.717, 1.165) is 18.5 Å². The molecule has 17 heavy (non-hydrogen) atoms. The molecule has 0 aromatic heterocycles. The molecule has 90 valence electrons. The van der Waals surface area contributed by atoms with E-state index < -0.39 is 0 Å². The summed E-state index contributed by atoms with van der Waals surface area (Å²) in [6.07, 6.45) is 4.27. The summed E-state index contributed by atoms with van der Waals surface area (Å²) in [5.41, 5.74) is 6.72. The van der Waals surface area contributed by atoms with Crippen molar-refractivity contribution in [1.29, 1.82) is 0 Å². The van der Waals surface area contributed by atoms with E-state index >= 15 is 0 Å². The molecule has 0 bridgehead atoms. The van der Waals surface area contributed by atoms with E-state index in [0.29, 0.717) is 11.6 Å². The van der Waals surface area contributed by atoms with Gasteiger partial charge in [0.05, 0.1) is 0 Å². The maximum atomic E-state index is 11.8. The van der Waals surface area contributed by atoms with Gasteiger partial charge in [-0.25, -0.2) is 0 Å². The molecule has 2 rings (SSSR count). The molecule has 1 aliphatic rings. The van der Waals surface area contributed by atoms with Gasteiger partial charge in [0, 0.05) is 30.2 Å². The summed E-state index contributed by atoms with van der Waals surface area (Å²) in [5.74, 6) is 0.0212. The lowest BCUT2D eigenvalue weighted by Crippen LogP contribution is -2.30. The second kappa shape index (κ2) is 5.34. The molecule has 0 saturated carbocycles. The Bertz CT molecular complexity index is 428. The molecule has 3 nitrogen and oxygen atoms in total. The Morgan fingerprint density at radius 2 is 2.12 bits per heavy atom. The molecule has 1 heterocycles. The highest BCUT2D eigenvalue weighted by atomic mass is 35.5. The minimum absolute atomic E-state index is 0.0212. The first-order valence-electron chi connectivity index (χ1n) is 5.63. The van der Waals surface area contributed by atoms with Gasteiger partial charge in [-0.05, 0) is 30.2 Å². The van der Waals surface area contributed by atoms with Gasteiger partial charge in [-0.1, -0.05) is 23.7 Å². The predicted octanol–water partition coefficient (Wildman–Crippen LogP) is 1.91. The van der Waals surface area contributed by atoms with Gasteiger partial charge in [0.1, 0.15) is 0 Å². The van der Waals surface area contributed by atoms with E-state index in [-0.39, 0.29) is 11.9 Å². The average Bonchev–Trinajstić information content (AvgIpc) is 2.75. The van der Waals surface area contributed by atoms with Gasteiger partial charge in [0.15, 0.2) is 0 Å². The SMILES string of the molecule is N[C@@H]1CCN(C(=O)/C=C\c2ccc(Cl)cc2)C1. The normalized spacial score (nSPS) is 20.1. The quantitative estimate of drug-likeness (QED) is 0.815. The Hall–Kier alpha value is -1.32. The Kier molecular flexibility index (Phi) is 3.82. The van der Waals surface area contributed by atoms with Crippen LogP contribution in [0.5, 0.6) is 0 Å². The Morgan fingerprint density at radius 3 is 2.71 bits per heavy atom. The molecule has 1 aromatic carbocycles. The van der Waals surface area contributed by atoms with Crippen LogP contribution in [0.25, 0.3) is 6.08 Å². The van der Waals surface area contributed by atoms with Crippen LogP contribution in [0.15, 0.2) is 30.3 Å². The standard InChI is InChI=1S/C13H15ClN2O/c14-11-4-1-10(2-5-11)3-6-13(17)16-8-7-12(15)9-16/h1-6,12H,7-9,15H2/b6-3-/t12-/m1/s1. The van der Waals surface area contributed by atoms with Crippen molar-refractivity contribution < 1.29 is 4.79 Å². The molecule has 2 N–H and O–H groups in total. The van der Waals surface area contributed by atoms with Gasteiger partial charge in [0.25, 0.3) is 0 Å². The third-order valence-corrected chi connectivity index (χ3v) is 3.08. The fraction of sp³-hybridized carbons (Fsp3) is 0.308. The molecule has 1 atom stereocenters. The lowest BCUT2D eigenvalue weighted by molar-refractivity contribution is -0.124. The first kappa shape index (κ1) is 12.1. The summed E-state index contributed by atoms with van der Waals surface area (Å²) in [6, 6.07) is 7.49. The number of nitrogens with two attached hydrogens (primary N) is 1. The van der Waals surface area contributed by atoms with Gasteiger partial charge in [-0.2, -0.15) is 0 Å². The molecule has 0 spiro atoms. The summed E-state index contributed by atoms with van der Waals surface area (Å²) in [7, 11) is 0. The molecular weight excluding hydrogens is 236 g/mol. The van der Waals surface area contributed by atoms with E-state index in [2.05, 4.69) is 0 Å². The van der Waals surface area contributed by atoms with Crippen LogP contribution in [0, 0.1) is 0 Å². The van der Waals surface area contributed by atoms with Crippen molar-refractivity contribution in [3.63, 3.8) is 0 Å². The lowest BCUT2D eigenvalue weighted by Gasteiger charge is -2.12. The van der Waals surface area contributed by atoms with Crippen molar-refractivity contribution in [2.75, 3.05) is 13.1 Å². The van der Waals surface area contributed by atoms with Crippen LogP contribution in [0.1, 0.15) is 12.0 Å². The molecule has 1 amide bonds. The molecule has 0 radical (unpaired) electrons. The number of benzene rings is 1. The maximum Gasteiger partial charge on any atom is 0.246 e. The molecular formula is C13H15ClN2O. The van der Waals surface area contributed by atoms with E-state index in [1.54, 1.807) is 29.2 Å². The van der Waals surface area contributed by atoms with Crippen LogP contribution in [-0.2, 0) is 4.79 Å². The number of hydrogen-bond acceptors (Lipinski definition) is 2. The van der Waals surface area contributed by atoms with Gasteiger partial charge in [-0.3, -0.25) is 4.79 Å². The van der Waals surface area contributed by atoms with E-state index in [1.165, 1.54) is 0 Å². The molecule has 0 aliphatic carbocycles. The predicted molar refractivity (Wildman–Crippen MR) is 69.7 cm³/mol. The van der Waals surface area contributed by atoms with Gasteiger partial charge in [-0.15, -0.1) is 0 Å². The highest BCUT2D eigenvalue weighted by Gasteiger charge is 2.21. The smallest absolute Gasteiger partial charge is 0.246 e. The number of carbonyl (C=O) groups excluding carboxylic acids is 1. The zero-order chi connectivity index (χ0) is 12.3. The van der Waals surface area contributed by atoms with Crippen molar-refractivity contribution in [1.82, 2.24) is 4.90 Å². The van der Waals surface area contributed by atoms with Crippen LogP contribution < -0.4 is 5.73 Å². The number of carbonyl (C=O) groups is 1. The van der Waals surface area contributed by atoms with E-state index in [4.69, 9.17) is 17.3 Å². The van der Waals surface area contributed by atoms with Crippen LogP contribution in [0.2, 0.25) is 5.02 Å². The first-order chi connectivity index (χ1) is 8.15. The third kappa shape index (κ3) is 3.32. The second-order valence-electron chi connectivity index (χ2n) is 4.22. The van der Waals surface area contributed by atoms with Crippen molar-refractivity contribution in [3.05, 3.63) is 40.9 Å². The zero-order valence-electron chi connectivity index (χ0n) is 9.47. The number of halogens is 1.